The molecule has 3 heteroatoms. The van der Waals surface area contributed by atoms with Crippen LogP contribution in [0.15, 0.2) is 0 Å². The first-order valence-corrected chi connectivity index (χ1v) is 10.7. The molecule has 0 spiro atoms. The van der Waals surface area contributed by atoms with Gasteiger partial charge in [-0.3, -0.25) is 0 Å². The van der Waals surface area contributed by atoms with E-state index in [4.69, 9.17) is 0 Å². The van der Waals surface area contributed by atoms with Gasteiger partial charge in [0, 0.05) is 0 Å². The van der Waals surface area contributed by atoms with Gasteiger partial charge in [-0.25, -0.2) is 0 Å². The third-order valence-corrected chi connectivity index (χ3v) is 6.98. The molecule has 0 unspecified atom stereocenters. The number of hydrogen-bond donors (Lipinski definition) is 1. The zero-order valence-corrected chi connectivity index (χ0v) is 12.3. The molecule has 0 aliphatic carbocycles. The summed E-state index contributed by atoms with van der Waals surface area (Å²) in [6, 6.07) is 0. The first-order valence-electron chi connectivity index (χ1n) is 6.43. The van der Waals surface area contributed by atoms with Crippen LogP contribution in [-0.2, 0) is 3.74 Å². The van der Waals surface area contributed by atoms with Crippen molar-refractivity contribution in [2.24, 2.45) is 0 Å². The molecule has 92 valence electrons. The summed E-state index contributed by atoms with van der Waals surface area (Å²) in [6.07, 6.45) is 8.94. The standard InChI is InChI=1S/C12H27AsO2/c1-3-5-7-9-11-13(14,15)12-10-8-6-4-2/h3-12H2,1-2H3,(H,14,15). The first-order chi connectivity index (χ1) is 7.12. The predicted octanol–water partition coefficient (Wildman–Crippen LogP) is 4.01. The van der Waals surface area contributed by atoms with E-state index in [0.717, 1.165) is 25.7 Å². The van der Waals surface area contributed by atoms with Crippen molar-refractivity contribution in [1.82, 2.24) is 0 Å². The minimum atomic E-state index is -3.39. The molecule has 0 amide bonds. The van der Waals surface area contributed by atoms with Gasteiger partial charge in [0.05, 0.1) is 0 Å². The van der Waals surface area contributed by atoms with Crippen molar-refractivity contribution in [2.45, 2.75) is 75.6 Å². The van der Waals surface area contributed by atoms with Crippen LogP contribution in [0.3, 0.4) is 0 Å². The van der Waals surface area contributed by atoms with Crippen LogP contribution in [0.5, 0.6) is 0 Å². The van der Waals surface area contributed by atoms with Crippen molar-refractivity contribution in [2.75, 3.05) is 0 Å². The molecule has 0 aromatic carbocycles. The van der Waals surface area contributed by atoms with Crippen molar-refractivity contribution < 1.29 is 7.84 Å². The van der Waals surface area contributed by atoms with Crippen molar-refractivity contribution >= 4 is 13.8 Å². The zero-order chi connectivity index (χ0) is 11.6. The van der Waals surface area contributed by atoms with E-state index < -0.39 is 13.8 Å². The molecule has 0 bridgehead atoms. The van der Waals surface area contributed by atoms with E-state index in [-0.39, 0.29) is 0 Å². The van der Waals surface area contributed by atoms with E-state index in [1.165, 1.54) is 25.7 Å². The van der Waals surface area contributed by atoms with Gasteiger partial charge in [-0.1, -0.05) is 0 Å². The fourth-order valence-electron chi connectivity index (χ4n) is 1.68. The molecule has 2 nitrogen and oxygen atoms in total. The second-order valence-corrected chi connectivity index (χ2v) is 9.84. The second kappa shape index (κ2) is 9.54. The second-order valence-electron chi connectivity index (χ2n) is 4.41. The van der Waals surface area contributed by atoms with Crippen molar-refractivity contribution in [3.63, 3.8) is 0 Å². The van der Waals surface area contributed by atoms with E-state index in [0.29, 0.717) is 10.4 Å². The molecule has 0 aliphatic rings. The molecular formula is C12H27AsO2. The summed E-state index contributed by atoms with van der Waals surface area (Å²) < 4.78 is 21.5. The topological polar surface area (TPSA) is 37.3 Å². The predicted molar refractivity (Wildman–Crippen MR) is 66.6 cm³/mol. The van der Waals surface area contributed by atoms with Crippen LogP contribution in [0.25, 0.3) is 0 Å². The van der Waals surface area contributed by atoms with Crippen LogP contribution < -0.4 is 0 Å². The van der Waals surface area contributed by atoms with E-state index in [1.54, 1.807) is 0 Å². The van der Waals surface area contributed by atoms with Crippen molar-refractivity contribution in [1.29, 1.82) is 0 Å². The van der Waals surface area contributed by atoms with E-state index in [1.807, 2.05) is 0 Å². The minimum absolute atomic E-state index is 0.602. The molecule has 15 heavy (non-hydrogen) atoms. The molecule has 0 radical (unpaired) electrons. The average molecular weight is 278 g/mol. The molecule has 0 heterocycles. The maximum atomic E-state index is 11.8. The Labute approximate surface area is 97.5 Å². The summed E-state index contributed by atoms with van der Waals surface area (Å²) in [5.74, 6) is 0. The van der Waals surface area contributed by atoms with Gasteiger partial charge < -0.3 is 0 Å². The monoisotopic (exact) mass is 278 g/mol. The van der Waals surface area contributed by atoms with E-state index in [9.17, 15) is 7.84 Å². The molecule has 0 saturated carbocycles. The molecule has 1 N–H and O–H groups in total. The summed E-state index contributed by atoms with van der Waals surface area (Å²) >= 11 is -3.39. The van der Waals surface area contributed by atoms with Crippen LogP contribution >= 0.6 is 0 Å². The number of unbranched alkanes of at least 4 members (excludes halogenated alkanes) is 6. The van der Waals surface area contributed by atoms with Gasteiger partial charge in [-0.2, -0.15) is 0 Å². The Kier molecular flexibility index (Phi) is 9.74. The van der Waals surface area contributed by atoms with Crippen LogP contribution in [0, 0.1) is 0 Å². The fourth-order valence-corrected chi connectivity index (χ4v) is 5.16. The molecule has 0 fully saturated rings. The zero-order valence-electron chi connectivity index (χ0n) is 10.4. The van der Waals surface area contributed by atoms with Gasteiger partial charge in [-0.15, -0.1) is 0 Å². The quantitative estimate of drug-likeness (QED) is 0.484. The van der Waals surface area contributed by atoms with E-state index in [2.05, 4.69) is 13.8 Å². The Balaban J connectivity index is 3.45. The Morgan fingerprint density at radius 2 is 1.20 bits per heavy atom. The first kappa shape index (κ1) is 15.3. The maximum absolute atomic E-state index is 11.8. The van der Waals surface area contributed by atoms with Crippen LogP contribution in [0.4, 0.5) is 0 Å². The summed E-state index contributed by atoms with van der Waals surface area (Å²) in [5.41, 5.74) is 0. The Morgan fingerprint density at radius 3 is 1.53 bits per heavy atom. The van der Waals surface area contributed by atoms with Crippen LogP contribution in [-0.4, -0.2) is 17.9 Å². The molecular weight excluding hydrogens is 251 g/mol. The molecule has 0 aliphatic heterocycles. The summed E-state index contributed by atoms with van der Waals surface area (Å²) in [7, 11) is 0. The van der Waals surface area contributed by atoms with Crippen LogP contribution in [0.1, 0.15) is 65.2 Å². The number of hydrogen-bond acceptors (Lipinski definition) is 1. The third-order valence-electron chi connectivity index (χ3n) is 2.72. The molecule has 0 atom stereocenters. The van der Waals surface area contributed by atoms with Crippen molar-refractivity contribution in [3.8, 4) is 0 Å². The van der Waals surface area contributed by atoms with Crippen molar-refractivity contribution in [3.05, 3.63) is 0 Å². The van der Waals surface area contributed by atoms with Gasteiger partial charge in [-0.05, 0) is 0 Å². The Morgan fingerprint density at radius 1 is 0.800 bits per heavy atom. The SMILES string of the molecule is CCCCCC[As](=O)(O)CCCCCC. The fraction of sp³-hybridized carbons (Fsp3) is 1.00. The average Bonchev–Trinajstić information content (AvgIpc) is 2.20. The van der Waals surface area contributed by atoms with Gasteiger partial charge in [0.25, 0.3) is 0 Å². The summed E-state index contributed by atoms with van der Waals surface area (Å²) in [4.78, 5) is 0. The molecule has 0 saturated heterocycles. The van der Waals surface area contributed by atoms with Gasteiger partial charge in [0.1, 0.15) is 0 Å². The molecule has 0 aromatic rings. The number of rotatable bonds is 10. The van der Waals surface area contributed by atoms with Gasteiger partial charge in [0.15, 0.2) is 0 Å². The Bertz CT molecular complexity index is 164. The third kappa shape index (κ3) is 10.6. The van der Waals surface area contributed by atoms with E-state index >= 15 is 0 Å². The van der Waals surface area contributed by atoms with Gasteiger partial charge in [0.2, 0.25) is 0 Å². The summed E-state index contributed by atoms with van der Waals surface area (Å²) in [5, 5.41) is 1.20. The normalized spacial score (nSPS) is 11.9. The van der Waals surface area contributed by atoms with Crippen LogP contribution in [0.2, 0.25) is 10.4 Å². The molecule has 0 aromatic heterocycles. The molecule has 0 rings (SSSR count). The van der Waals surface area contributed by atoms with Gasteiger partial charge >= 0.3 is 97.3 Å². The Hall–Kier alpha value is 0.318. The summed E-state index contributed by atoms with van der Waals surface area (Å²) in [6.45, 7) is 4.32.